The highest BCUT2D eigenvalue weighted by atomic mass is 16.4. The highest BCUT2D eigenvalue weighted by Gasteiger charge is 2.47. The zero-order chi connectivity index (χ0) is 17.4. The number of amides is 1. The molecule has 1 aromatic heterocycles. The number of benzene rings is 1. The third-order valence-corrected chi connectivity index (χ3v) is 5.41. The summed E-state index contributed by atoms with van der Waals surface area (Å²) in [6, 6.07) is 6.40. The van der Waals surface area contributed by atoms with Gasteiger partial charge in [-0.25, -0.2) is 9.48 Å². The normalized spacial score (nSPS) is 25.6. The van der Waals surface area contributed by atoms with Gasteiger partial charge < -0.3 is 10.0 Å². The topological polar surface area (TPSA) is 88.3 Å². The van der Waals surface area contributed by atoms with E-state index in [-0.39, 0.29) is 11.9 Å². The lowest BCUT2D eigenvalue weighted by molar-refractivity contribution is -0.141. The molecule has 0 unspecified atom stereocenters. The molecular weight excluding hydrogens is 320 g/mol. The lowest BCUT2D eigenvalue weighted by Gasteiger charge is -2.33. The van der Waals surface area contributed by atoms with Crippen molar-refractivity contribution in [2.24, 2.45) is 5.92 Å². The third kappa shape index (κ3) is 2.79. The largest absolute Gasteiger partial charge is 0.480 e. The Balaban J connectivity index is 1.61. The smallest absolute Gasteiger partial charge is 0.326 e. The first kappa shape index (κ1) is 15.8. The fourth-order valence-corrected chi connectivity index (χ4v) is 4.22. The van der Waals surface area contributed by atoms with Crippen LogP contribution in [0, 0.1) is 5.92 Å². The summed E-state index contributed by atoms with van der Waals surface area (Å²) in [5, 5.41) is 17.3. The summed E-state index contributed by atoms with van der Waals surface area (Å²) in [6.45, 7) is 0. The van der Waals surface area contributed by atoms with Gasteiger partial charge in [0.05, 0.1) is 18.1 Å². The molecule has 1 saturated heterocycles. The average molecular weight is 340 g/mol. The minimum atomic E-state index is -0.901. The van der Waals surface area contributed by atoms with Crippen molar-refractivity contribution in [3.05, 3.63) is 42.2 Å². The lowest BCUT2D eigenvalue weighted by Crippen LogP contribution is -2.46. The molecule has 1 aliphatic carbocycles. The molecule has 2 heterocycles. The highest BCUT2D eigenvalue weighted by Crippen LogP contribution is 2.40. The Bertz CT molecular complexity index is 772. The molecule has 7 heteroatoms. The van der Waals surface area contributed by atoms with Crippen LogP contribution in [0.3, 0.4) is 0 Å². The van der Waals surface area contributed by atoms with Crippen LogP contribution in [0.2, 0.25) is 0 Å². The molecule has 7 nitrogen and oxygen atoms in total. The number of likely N-dealkylation sites (tertiary alicyclic amines) is 1. The summed E-state index contributed by atoms with van der Waals surface area (Å²) in [4.78, 5) is 26.4. The molecule has 1 aliphatic heterocycles. The molecule has 3 atom stereocenters. The number of aliphatic carboxylic acids is 1. The summed E-state index contributed by atoms with van der Waals surface area (Å²) in [5.41, 5.74) is 1.32. The minimum absolute atomic E-state index is 0.0531. The second kappa shape index (κ2) is 6.31. The van der Waals surface area contributed by atoms with E-state index < -0.39 is 12.0 Å². The summed E-state index contributed by atoms with van der Waals surface area (Å²) in [5.74, 6) is -0.776. The van der Waals surface area contributed by atoms with Crippen LogP contribution < -0.4 is 0 Å². The molecular formula is C18H20N4O3. The van der Waals surface area contributed by atoms with Crippen LogP contribution in [0.15, 0.2) is 36.7 Å². The molecule has 1 saturated carbocycles. The van der Waals surface area contributed by atoms with Crippen molar-refractivity contribution in [2.75, 3.05) is 0 Å². The van der Waals surface area contributed by atoms with Crippen LogP contribution >= 0.6 is 0 Å². The predicted octanol–water partition coefficient (Wildman–Crippen LogP) is 2.13. The number of carbonyl (C=O) groups excluding carboxylic acids is 1. The number of carboxylic acid groups (broad SMARTS) is 1. The molecule has 2 fully saturated rings. The van der Waals surface area contributed by atoms with Crippen LogP contribution in [0.4, 0.5) is 0 Å². The van der Waals surface area contributed by atoms with E-state index in [0.717, 1.165) is 31.4 Å². The van der Waals surface area contributed by atoms with Crippen molar-refractivity contribution in [3.8, 4) is 5.69 Å². The summed E-state index contributed by atoms with van der Waals surface area (Å²) < 4.78 is 1.61. The van der Waals surface area contributed by atoms with E-state index in [1.54, 1.807) is 46.2 Å². The first-order valence-electron chi connectivity index (χ1n) is 8.67. The van der Waals surface area contributed by atoms with Crippen LogP contribution in [-0.2, 0) is 4.79 Å². The zero-order valence-corrected chi connectivity index (χ0v) is 13.8. The minimum Gasteiger partial charge on any atom is -0.480 e. The molecule has 0 bridgehead atoms. The van der Waals surface area contributed by atoms with E-state index in [9.17, 15) is 14.7 Å². The standard InChI is InChI=1S/C18H20N4O3/c23-17(12-5-7-14(8-6-12)21-10-9-19-20-21)22-15-4-2-1-3-13(15)11-16(22)18(24)25/h5-10,13,15-16H,1-4,11H2,(H,24,25)/t13-,15-,16+/m1/s1. The number of rotatable bonds is 3. The number of fused-ring (bicyclic) bond motifs is 1. The Labute approximate surface area is 145 Å². The van der Waals surface area contributed by atoms with Gasteiger partial charge in [-0.15, -0.1) is 5.10 Å². The van der Waals surface area contributed by atoms with Crippen LogP contribution in [0.5, 0.6) is 0 Å². The molecule has 0 spiro atoms. The number of aromatic nitrogens is 3. The van der Waals surface area contributed by atoms with Gasteiger partial charge in [-0.1, -0.05) is 18.1 Å². The SMILES string of the molecule is O=C(O)[C@@H]1C[C@H]2CCCC[C@H]2N1C(=O)c1ccc(-n2ccnn2)cc1. The first-order chi connectivity index (χ1) is 12.1. The van der Waals surface area contributed by atoms with Gasteiger partial charge in [0.1, 0.15) is 6.04 Å². The van der Waals surface area contributed by atoms with E-state index >= 15 is 0 Å². The first-order valence-corrected chi connectivity index (χ1v) is 8.67. The summed E-state index contributed by atoms with van der Waals surface area (Å²) in [6.07, 6.45) is 7.99. The summed E-state index contributed by atoms with van der Waals surface area (Å²) in [7, 11) is 0. The van der Waals surface area contributed by atoms with Gasteiger partial charge in [0.25, 0.3) is 5.91 Å². The van der Waals surface area contributed by atoms with E-state index in [0.29, 0.717) is 17.9 Å². The maximum Gasteiger partial charge on any atom is 0.326 e. The Morgan fingerprint density at radius 1 is 1.12 bits per heavy atom. The monoisotopic (exact) mass is 340 g/mol. The average Bonchev–Trinajstić information content (AvgIpc) is 3.29. The molecule has 1 N–H and O–H groups in total. The second-order valence-corrected chi connectivity index (χ2v) is 6.81. The van der Waals surface area contributed by atoms with Crippen LogP contribution in [0.25, 0.3) is 5.69 Å². The fraction of sp³-hybridized carbons (Fsp3) is 0.444. The van der Waals surface area contributed by atoms with Crippen LogP contribution in [-0.4, -0.2) is 49.0 Å². The van der Waals surface area contributed by atoms with Gasteiger partial charge >= 0.3 is 5.97 Å². The summed E-state index contributed by atoms with van der Waals surface area (Å²) >= 11 is 0. The number of carbonyl (C=O) groups is 2. The molecule has 1 amide bonds. The van der Waals surface area contributed by atoms with Crippen LogP contribution in [0.1, 0.15) is 42.5 Å². The van der Waals surface area contributed by atoms with Gasteiger partial charge in [0.15, 0.2) is 0 Å². The maximum atomic E-state index is 13.0. The number of nitrogens with zero attached hydrogens (tertiary/aromatic N) is 4. The fourth-order valence-electron chi connectivity index (χ4n) is 4.22. The molecule has 4 rings (SSSR count). The highest BCUT2D eigenvalue weighted by molar-refractivity contribution is 5.97. The Morgan fingerprint density at radius 2 is 1.88 bits per heavy atom. The lowest BCUT2D eigenvalue weighted by atomic mass is 9.84. The third-order valence-electron chi connectivity index (χ3n) is 5.41. The van der Waals surface area contributed by atoms with Crippen molar-refractivity contribution in [1.29, 1.82) is 0 Å². The predicted molar refractivity (Wildman–Crippen MR) is 89.3 cm³/mol. The van der Waals surface area contributed by atoms with E-state index in [1.165, 1.54) is 0 Å². The van der Waals surface area contributed by atoms with E-state index in [2.05, 4.69) is 10.3 Å². The van der Waals surface area contributed by atoms with Gasteiger partial charge in [-0.2, -0.15) is 0 Å². The molecule has 130 valence electrons. The van der Waals surface area contributed by atoms with Crippen molar-refractivity contribution in [1.82, 2.24) is 19.9 Å². The van der Waals surface area contributed by atoms with Crippen molar-refractivity contribution < 1.29 is 14.7 Å². The Morgan fingerprint density at radius 3 is 2.56 bits per heavy atom. The van der Waals surface area contributed by atoms with E-state index in [4.69, 9.17) is 0 Å². The van der Waals surface area contributed by atoms with Gasteiger partial charge in [-0.3, -0.25) is 4.79 Å². The molecule has 2 aromatic rings. The Hall–Kier alpha value is -2.70. The number of hydrogen-bond donors (Lipinski definition) is 1. The number of carboxylic acids is 1. The van der Waals surface area contributed by atoms with Crippen molar-refractivity contribution >= 4 is 11.9 Å². The molecule has 2 aliphatic rings. The van der Waals surface area contributed by atoms with Crippen molar-refractivity contribution in [2.45, 2.75) is 44.2 Å². The Kier molecular flexibility index (Phi) is 3.99. The van der Waals surface area contributed by atoms with E-state index in [1.807, 2.05) is 0 Å². The maximum absolute atomic E-state index is 13.0. The second-order valence-electron chi connectivity index (χ2n) is 6.81. The molecule has 0 radical (unpaired) electrons. The quantitative estimate of drug-likeness (QED) is 0.924. The zero-order valence-electron chi connectivity index (χ0n) is 13.8. The van der Waals surface area contributed by atoms with Crippen molar-refractivity contribution in [3.63, 3.8) is 0 Å². The van der Waals surface area contributed by atoms with Gasteiger partial charge in [0, 0.05) is 11.6 Å². The molecule has 25 heavy (non-hydrogen) atoms. The van der Waals surface area contributed by atoms with Gasteiger partial charge in [-0.05, 0) is 49.4 Å². The number of hydrogen-bond acceptors (Lipinski definition) is 4. The molecule has 1 aromatic carbocycles. The van der Waals surface area contributed by atoms with Gasteiger partial charge in [0.2, 0.25) is 0 Å².